The zero-order valence-corrected chi connectivity index (χ0v) is 8.60. The molecule has 68 valence electrons. The second kappa shape index (κ2) is 4.63. The van der Waals surface area contributed by atoms with Gasteiger partial charge in [0.25, 0.3) is 0 Å². The summed E-state index contributed by atoms with van der Waals surface area (Å²) in [5.74, 6) is 0.630. The third-order valence-corrected chi connectivity index (χ3v) is 3.10. The molecule has 1 nitrogen and oxygen atoms in total. The highest BCUT2D eigenvalue weighted by molar-refractivity contribution is 7.07. The van der Waals surface area contributed by atoms with Crippen molar-refractivity contribution in [3.05, 3.63) is 22.4 Å². The van der Waals surface area contributed by atoms with Gasteiger partial charge in [0.15, 0.2) is 0 Å². The van der Waals surface area contributed by atoms with Gasteiger partial charge in [-0.2, -0.15) is 11.3 Å². The van der Waals surface area contributed by atoms with Gasteiger partial charge < -0.3 is 5.73 Å². The summed E-state index contributed by atoms with van der Waals surface area (Å²) in [7, 11) is 0. The van der Waals surface area contributed by atoms with Crippen LogP contribution in [0.2, 0.25) is 0 Å². The van der Waals surface area contributed by atoms with Crippen LogP contribution in [0.5, 0.6) is 0 Å². The number of rotatable bonds is 4. The molecule has 2 heteroatoms. The molecule has 0 aliphatic heterocycles. The van der Waals surface area contributed by atoms with Crippen LogP contribution in [0.4, 0.5) is 0 Å². The number of thiophene rings is 1. The molecular formula is C10H17NS. The largest absolute Gasteiger partial charge is 0.328 e. The lowest BCUT2D eigenvalue weighted by Crippen LogP contribution is -2.24. The van der Waals surface area contributed by atoms with Crippen molar-refractivity contribution in [3.63, 3.8) is 0 Å². The van der Waals surface area contributed by atoms with Gasteiger partial charge in [-0.3, -0.25) is 0 Å². The number of hydrogen-bond donors (Lipinski definition) is 1. The van der Waals surface area contributed by atoms with Crippen LogP contribution in [0.15, 0.2) is 16.8 Å². The fourth-order valence-electron chi connectivity index (χ4n) is 1.09. The quantitative estimate of drug-likeness (QED) is 0.763. The predicted molar refractivity (Wildman–Crippen MR) is 55.5 cm³/mol. The van der Waals surface area contributed by atoms with E-state index in [-0.39, 0.29) is 0 Å². The topological polar surface area (TPSA) is 26.0 Å². The maximum atomic E-state index is 5.78. The third-order valence-electron chi connectivity index (χ3n) is 2.37. The van der Waals surface area contributed by atoms with Crippen LogP contribution in [0.25, 0.3) is 0 Å². The maximum Gasteiger partial charge on any atom is 0.00362 e. The summed E-state index contributed by atoms with van der Waals surface area (Å²) in [4.78, 5) is 0. The van der Waals surface area contributed by atoms with Crippen LogP contribution in [0.3, 0.4) is 0 Å². The minimum absolute atomic E-state index is 0.323. The molecule has 1 heterocycles. The van der Waals surface area contributed by atoms with Crippen LogP contribution >= 0.6 is 11.3 Å². The van der Waals surface area contributed by atoms with E-state index in [0.29, 0.717) is 12.0 Å². The Morgan fingerprint density at radius 3 is 2.75 bits per heavy atom. The minimum atomic E-state index is 0.323. The first-order chi connectivity index (χ1) is 5.70. The summed E-state index contributed by atoms with van der Waals surface area (Å²) in [6.45, 7) is 4.30. The smallest absolute Gasteiger partial charge is 0.00362 e. The van der Waals surface area contributed by atoms with E-state index in [1.165, 1.54) is 18.4 Å². The van der Waals surface area contributed by atoms with E-state index in [0.717, 1.165) is 0 Å². The molecule has 1 aromatic rings. The predicted octanol–water partition coefficient (Wildman–Crippen LogP) is 2.66. The Bertz CT molecular complexity index is 204. The van der Waals surface area contributed by atoms with E-state index < -0.39 is 0 Å². The standard InChI is InChI=1S/C10H17NS/c1-8(9(2)11)3-4-10-5-6-12-7-10/h5-9H,3-4,11H2,1-2H3. The molecule has 0 fully saturated rings. The Kier molecular flexibility index (Phi) is 3.76. The van der Waals surface area contributed by atoms with Crippen molar-refractivity contribution in [1.82, 2.24) is 0 Å². The van der Waals surface area contributed by atoms with Crippen LogP contribution in [-0.2, 0) is 6.42 Å². The summed E-state index contributed by atoms with van der Waals surface area (Å²) in [5, 5.41) is 4.35. The zero-order valence-electron chi connectivity index (χ0n) is 7.79. The lowest BCUT2D eigenvalue weighted by Gasteiger charge is -2.14. The van der Waals surface area contributed by atoms with Crippen LogP contribution in [-0.4, -0.2) is 6.04 Å². The monoisotopic (exact) mass is 183 g/mol. The van der Waals surface area contributed by atoms with Crippen molar-refractivity contribution in [2.24, 2.45) is 11.7 Å². The molecule has 0 radical (unpaired) electrons. The Labute approximate surface area is 78.6 Å². The highest BCUT2D eigenvalue weighted by Crippen LogP contribution is 2.13. The van der Waals surface area contributed by atoms with Gasteiger partial charge in [0.05, 0.1) is 0 Å². The normalized spacial score (nSPS) is 15.9. The van der Waals surface area contributed by atoms with Crippen molar-refractivity contribution in [2.75, 3.05) is 0 Å². The molecule has 0 amide bonds. The van der Waals surface area contributed by atoms with Crippen molar-refractivity contribution >= 4 is 11.3 Å². The van der Waals surface area contributed by atoms with Gasteiger partial charge in [0.2, 0.25) is 0 Å². The maximum absolute atomic E-state index is 5.78. The number of aryl methyl sites for hydroxylation is 1. The Balaban J connectivity index is 2.27. The average molecular weight is 183 g/mol. The molecule has 0 aliphatic carbocycles. The zero-order chi connectivity index (χ0) is 8.97. The summed E-state index contributed by atoms with van der Waals surface area (Å²) in [6.07, 6.45) is 2.38. The minimum Gasteiger partial charge on any atom is -0.328 e. The average Bonchev–Trinajstić information content (AvgIpc) is 2.51. The fourth-order valence-corrected chi connectivity index (χ4v) is 1.80. The molecular weight excluding hydrogens is 166 g/mol. The molecule has 2 N–H and O–H groups in total. The first kappa shape index (κ1) is 9.75. The highest BCUT2D eigenvalue weighted by Gasteiger charge is 2.06. The van der Waals surface area contributed by atoms with Crippen molar-refractivity contribution in [1.29, 1.82) is 0 Å². The molecule has 2 unspecified atom stereocenters. The van der Waals surface area contributed by atoms with Gasteiger partial charge in [-0.25, -0.2) is 0 Å². The Morgan fingerprint density at radius 1 is 1.50 bits per heavy atom. The molecule has 1 aromatic heterocycles. The van der Waals surface area contributed by atoms with Gasteiger partial charge in [0.1, 0.15) is 0 Å². The van der Waals surface area contributed by atoms with Gasteiger partial charge in [-0.15, -0.1) is 0 Å². The summed E-state index contributed by atoms with van der Waals surface area (Å²) in [6, 6.07) is 2.52. The molecule has 0 saturated heterocycles. The van der Waals surface area contributed by atoms with E-state index in [1.54, 1.807) is 11.3 Å². The Morgan fingerprint density at radius 2 is 2.25 bits per heavy atom. The SMILES string of the molecule is CC(N)C(C)CCc1ccsc1. The molecule has 12 heavy (non-hydrogen) atoms. The van der Waals surface area contributed by atoms with Gasteiger partial charge in [-0.05, 0) is 48.1 Å². The van der Waals surface area contributed by atoms with Crippen LogP contribution in [0.1, 0.15) is 25.8 Å². The van der Waals surface area contributed by atoms with Crippen molar-refractivity contribution in [3.8, 4) is 0 Å². The molecule has 0 aromatic carbocycles. The number of hydrogen-bond acceptors (Lipinski definition) is 2. The summed E-state index contributed by atoms with van der Waals surface area (Å²) < 4.78 is 0. The van der Waals surface area contributed by atoms with E-state index >= 15 is 0 Å². The second-order valence-corrected chi connectivity index (χ2v) is 4.29. The third kappa shape index (κ3) is 2.95. The van der Waals surface area contributed by atoms with Crippen LogP contribution in [0, 0.1) is 5.92 Å². The van der Waals surface area contributed by atoms with E-state index in [4.69, 9.17) is 5.73 Å². The van der Waals surface area contributed by atoms with Gasteiger partial charge >= 0.3 is 0 Å². The molecule has 2 atom stereocenters. The first-order valence-corrected chi connectivity index (χ1v) is 5.41. The summed E-state index contributed by atoms with van der Waals surface area (Å²) in [5.41, 5.74) is 7.23. The second-order valence-electron chi connectivity index (χ2n) is 3.51. The molecule has 1 rings (SSSR count). The molecule has 0 spiro atoms. The first-order valence-electron chi connectivity index (χ1n) is 4.47. The summed E-state index contributed by atoms with van der Waals surface area (Å²) >= 11 is 1.77. The van der Waals surface area contributed by atoms with E-state index in [9.17, 15) is 0 Å². The van der Waals surface area contributed by atoms with Crippen LogP contribution < -0.4 is 5.73 Å². The van der Waals surface area contributed by atoms with Gasteiger partial charge in [0, 0.05) is 6.04 Å². The fraction of sp³-hybridized carbons (Fsp3) is 0.600. The Hall–Kier alpha value is -0.340. The lowest BCUT2D eigenvalue weighted by atomic mass is 9.97. The lowest BCUT2D eigenvalue weighted by molar-refractivity contribution is 0.451. The molecule has 0 saturated carbocycles. The van der Waals surface area contributed by atoms with Crippen molar-refractivity contribution in [2.45, 2.75) is 32.7 Å². The molecule has 0 aliphatic rings. The number of nitrogens with two attached hydrogens (primary N) is 1. The van der Waals surface area contributed by atoms with Crippen molar-refractivity contribution < 1.29 is 0 Å². The van der Waals surface area contributed by atoms with E-state index in [2.05, 4.69) is 30.7 Å². The highest BCUT2D eigenvalue weighted by atomic mass is 32.1. The van der Waals surface area contributed by atoms with Gasteiger partial charge in [-0.1, -0.05) is 6.92 Å². The van der Waals surface area contributed by atoms with E-state index in [1.807, 2.05) is 0 Å². The molecule has 0 bridgehead atoms.